The van der Waals surface area contributed by atoms with E-state index >= 15 is 0 Å². The third-order valence-electron chi connectivity index (χ3n) is 4.47. The predicted octanol–water partition coefficient (Wildman–Crippen LogP) is 2.27. The van der Waals surface area contributed by atoms with Gasteiger partial charge in [0.05, 0.1) is 18.3 Å². The van der Waals surface area contributed by atoms with Gasteiger partial charge >= 0.3 is 0 Å². The fourth-order valence-electron chi connectivity index (χ4n) is 3.43. The van der Waals surface area contributed by atoms with Crippen molar-refractivity contribution in [3.8, 4) is 0 Å². The molecule has 4 heteroatoms. The van der Waals surface area contributed by atoms with E-state index in [4.69, 9.17) is 22.1 Å². The summed E-state index contributed by atoms with van der Waals surface area (Å²) < 4.78 is 5.88. The monoisotopic (exact) mass is 267 g/mol. The fourth-order valence-corrected chi connectivity index (χ4v) is 3.55. The van der Waals surface area contributed by atoms with Crippen molar-refractivity contribution in [1.29, 1.82) is 0 Å². The second-order valence-electron chi connectivity index (χ2n) is 5.42. The number of nitrogens with two attached hydrogens (primary N) is 1. The largest absolute Gasteiger partial charge is 0.388 e. The molecule has 0 spiro atoms. The number of fused-ring (bicyclic) bond motifs is 2. The van der Waals surface area contributed by atoms with E-state index in [1.807, 2.05) is 12.1 Å². The molecular weight excluding hydrogens is 250 g/mol. The SMILES string of the molecule is NCC1(C(O)c2ccc(Cl)cc2)CC2CCC1O2. The van der Waals surface area contributed by atoms with Crippen molar-refractivity contribution < 1.29 is 9.84 Å². The zero-order valence-corrected chi connectivity index (χ0v) is 10.9. The van der Waals surface area contributed by atoms with Gasteiger partial charge in [0.25, 0.3) is 0 Å². The van der Waals surface area contributed by atoms with Gasteiger partial charge in [0.15, 0.2) is 0 Å². The smallest absolute Gasteiger partial charge is 0.0884 e. The van der Waals surface area contributed by atoms with E-state index in [1.54, 1.807) is 12.1 Å². The van der Waals surface area contributed by atoms with Crippen LogP contribution in [0.5, 0.6) is 0 Å². The molecule has 3 N–H and O–H groups in total. The summed E-state index contributed by atoms with van der Waals surface area (Å²) in [5, 5.41) is 11.4. The topological polar surface area (TPSA) is 55.5 Å². The minimum atomic E-state index is -0.574. The van der Waals surface area contributed by atoms with Crippen molar-refractivity contribution in [2.75, 3.05) is 6.54 Å². The predicted molar refractivity (Wildman–Crippen MR) is 70.4 cm³/mol. The molecule has 3 nitrogen and oxygen atoms in total. The summed E-state index contributed by atoms with van der Waals surface area (Å²) >= 11 is 5.88. The zero-order chi connectivity index (χ0) is 12.8. The van der Waals surface area contributed by atoms with Crippen LogP contribution in [0.25, 0.3) is 0 Å². The first-order valence-corrected chi connectivity index (χ1v) is 6.82. The van der Waals surface area contributed by atoms with Crippen LogP contribution in [0.15, 0.2) is 24.3 Å². The van der Waals surface area contributed by atoms with Crippen molar-refractivity contribution in [2.24, 2.45) is 11.1 Å². The quantitative estimate of drug-likeness (QED) is 0.883. The Morgan fingerprint density at radius 3 is 2.61 bits per heavy atom. The first-order chi connectivity index (χ1) is 8.65. The number of aliphatic hydroxyl groups excluding tert-OH is 1. The Hall–Kier alpha value is -0.610. The second kappa shape index (κ2) is 4.49. The molecular formula is C14H18ClNO2. The molecule has 3 rings (SSSR count). The van der Waals surface area contributed by atoms with E-state index in [9.17, 15) is 5.11 Å². The van der Waals surface area contributed by atoms with Gasteiger partial charge in [0, 0.05) is 17.0 Å². The standard InChI is InChI=1S/C14H18ClNO2/c15-10-3-1-9(2-4-10)13(17)14(8-16)7-11-5-6-12(14)18-11/h1-4,11-13,17H,5-8,16H2. The number of hydrogen-bond donors (Lipinski definition) is 2. The molecule has 2 fully saturated rings. The van der Waals surface area contributed by atoms with Crippen LogP contribution in [-0.2, 0) is 4.74 Å². The molecule has 98 valence electrons. The minimum Gasteiger partial charge on any atom is -0.388 e. The third-order valence-corrected chi connectivity index (χ3v) is 4.72. The molecule has 4 unspecified atom stereocenters. The van der Waals surface area contributed by atoms with Gasteiger partial charge in [-0.1, -0.05) is 23.7 Å². The summed E-state index contributed by atoms with van der Waals surface area (Å²) in [6, 6.07) is 7.35. The fraction of sp³-hybridized carbons (Fsp3) is 0.571. The highest BCUT2D eigenvalue weighted by Gasteiger charge is 2.55. The maximum atomic E-state index is 10.7. The Bertz CT molecular complexity index is 436. The van der Waals surface area contributed by atoms with E-state index in [0.29, 0.717) is 11.6 Å². The molecule has 2 aliphatic heterocycles. The van der Waals surface area contributed by atoms with Gasteiger partial charge in [-0.3, -0.25) is 0 Å². The summed E-state index contributed by atoms with van der Waals surface area (Å²) in [5.74, 6) is 0. The zero-order valence-electron chi connectivity index (χ0n) is 10.2. The second-order valence-corrected chi connectivity index (χ2v) is 5.86. The number of rotatable bonds is 3. The van der Waals surface area contributed by atoms with Gasteiger partial charge in [0.1, 0.15) is 0 Å². The minimum absolute atomic E-state index is 0.0955. The first kappa shape index (κ1) is 12.4. The molecule has 2 bridgehead atoms. The van der Waals surface area contributed by atoms with Gasteiger partial charge in [-0.25, -0.2) is 0 Å². The molecule has 0 radical (unpaired) electrons. The van der Waals surface area contributed by atoms with Crippen LogP contribution >= 0.6 is 11.6 Å². The molecule has 0 aromatic heterocycles. The molecule has 18 heavy (non-hydrogen) atoms. The van der Waals surface area contributed by atoms with Crippen LogP contribution in [0.3, 0.4) is 0 Å². The lowest BCUT2D eigenvalue weighted by Crippen LogP contribution is -2.44. The van der Waals surface area contributed by atoms with Crippen LogP contribution in [-0.4, -0.2) is 23.9 Å². The van der Waals surface area contributed by atoms with Crippen LogP contribution in [0.1, 0.15) is 30.9 Å². The van der Waals surface area contributed by atoms with Crippen molar-refractivity contribution in [1.82, 2.24) is 0 Å². The van der Waals surface area contributed by atoms with Crippen molar-refractivity contribution >= 4 is 11.6 Å². The van der Waals surface area contributed by atoms with Gasteiger partial charge < -0.3 is 15.6 Å². The van der Waals surface area contributed by atoms with E-state index < -0.39 is 6.10 Å². The number of hydrogen-bond acceptors (Lipinski definition) is 3. The van der Waals surface area contributed by atoms with Crippen molar-refractivity contribution in [3.63, 3.8) is 0 Å². The molecule has 0 aliphatic carbocycles. The van der Waals surface area contributed by atoms with E-state index in [0.717, 1.165) is 24.8 Å². The Balaban J connectivity index is 1.90. The highest BCUT2D eigenvalue weighted by atomic mass is 35.5. The molecule has 1 aromatic rings. The lowest BCUT2D eigenvalue weighted by Gasteiger charge is -2.38. The van der Waals surface area contributed by atoms with Gasteiger partial charge in [-0.15, -0.1) is 0 Å². The summed E-state index contributed by atoms with van der Waals surface area (Å²) in [6.07, 6.45) is 2.76. The van der Waals surface area contributed by atoms with Gasteiger partial charge in [-0.05, 0) is 37.0 Å². The van der Waals surface area contributed by atoms with Crippen LogP contribution in [0.4, 0.5) is 0 Å². The van der Waals surface area contributed by atoms with Crippen molar-refractivity contribution in [3.05, 3.63) is 34.9 Å². The maximum Gasteiger partial charge on any atom is 0.0884 e. The summed E-state index contributed by atoms with van der Waals surface area (Å²) in [6.45, 7) is 0.456. The van der Waals surface area contributed by atoms with Crippen LogP contribution < -0.4 is 5.73 Å². The molecule has 0 saturated carbocycles. The molecule has 2 saturated heterocycles. The normalized spacial score (nSPS) is 35.9. The van der Waals surface area contributed by atoms with Crippen LogP contribution in [0.2, 0.25) is 5.02 Å². The number of benzene rings is 1. The Morgan fingerprint density at radius 1 is 1.39 bits per heavy atom. The average Bonchev–Trinajstić information content (AvgIpc) is 2.99. The Labute approximate surface area is 112 Å². The summed E-state index contributed by atoms with van der Waals surface area (Å²) in [5.41, 5.74) is 6.51. The lowest BCUT2D eigenvalue weighted by atomic mass is 9.68. The molecule has 0 amide bonds. The number of aliphatic hydroxyl groups is 1. The average molecular weight is 268 g/mol. The summed E-state index contributed by atoms with van der Waals surface area (Å²) in [7, 11) is 0. The highest BCUT2D eigenvalue weighted by Crippen LogP contribution is 2.53. The molecule has 4 atom stereocenters. The Morgan fingerprint density at radius 2 is 2.11 bits per heavy atom. The highest BCUT2D eigenvalue weighted by molar-refractivity contribution is 6.30. The Kier molecular flexibility index (Phi) is 3.10. The molecule has 2 heterocycles. The first-order valence-electron chi connectivity index (χ1n) is 6.45. The van der Waals surface area contributed by atoms with Crippen molar-refractivity contribution in [2.45, 2.75) is 37.6 Å². The van der Waals surface area contributed by atoms with E-state index in [1.165, 1.54) is 0 Å². The van der Waals surface area contributed by atoms with E-state index in [2.05, 4.69) is 0 Å². The molecule has 2 aliphatic rings. The van der Waals surface area contributed by atoms with Crippen LogP contribution in [0, 0.1) is 5.41 Å². The maximum absolute atomic E-state index is 10.7. The lowest BCUT2D eigenvalue weighted by molar-refractivity contribution is -0.0264. The van der Waals surface area contributed by atoms with E-state index in [-0.39, 0.29) is 17.6 Å². The number of halogens is 1. The van der Waals surface area contributed by atoms with Gasteiger partial charge in [0.2, 0.25) is 0 Å². The number of ether oxygens (including phenoxy) is 1. The van der Waals surface area contributed by atoms with Gasteiger partial charge in [-0.2, -0.15) is 0 Å². The summed E-state index contributed by atoms with van der Waals surface area (Å²) in [4.78, 5) is 0. The molecule has 1 aromatic carbocycles. The third kappa shape index (κ3) is 1.77.